The summed E-state index contributed by atoms with van der Waals surface area (Å²) in [6, 6.07) is 12.4. The van der Waals surface area contributed by atoms with Crippen molar-refractivity contribution >= 4 is 22.6 Å². The lowest BCUT2D eigenvalue weighted by atomic mass is 10.0. The molecular weight excluding hydrogens is 482 g/mol. The zero-order chi connectivity index (χ0) is 25.9. The first-order chi connectivity index (χ1) is 17.9. The molecule has 2 N–H and O–H groups in total. The van der Waals surface area contributed by atoms with Gasteiger partial charge in [0.05, 0.1) is 18.8 Å². The van der Waals surface area contributed by atoms with Crippen molar-refractivity contribution in [2.45, 2.75) is 0 Å². The number of hydrogen-bond acceptors (Lipinski definition) is 6. The highest BCUT2D eigenvalue weighted by Gasteiger charge is 2.16. The van der Waals surface area contributed by atoms with Crippen LogP contribution in [0, 0.1) is 11.6 Å². The Hall–Kier alpha value is -5.12. The number of ether oxygens (including phenoxy) is 2. The average molecular weight is 500 g/mol. The third-order valence-corrected chi connectivity index (χ3v) is 5.51. The molecule has 0 aliphatic heterocycles. The SMILES string of the molecule is COc1cnc2c(Oc3ccc(NC(=O)c4c[nH]cc(-c5ccc(F)cc5)c4=O)cc3F)ccnc2c1. The van der Waals surface area contributed by atoms with E-state index in [1.165, 1.54) is 68.3 Å². The second kappa shape index (κ2) is 9.86. The van der Waals surface area contributed by atoms with Gasteiger partial charge in [-0.2, -0.15) is 0 Å². The molecule has 10 heteroatoms. The molecule has 2 aromatic carbocycles. The predicted molar refractivity (Wildman–Crippen MR) is 133 cm³/mol. The van der Waals surface area contributed by atoms with Gasteiger partial charge in [-0.15, -0.1) is 0 Å². The quantitative estimate of drug-likeness (QED) is 0.327. The van der Waals surface area contributed by atoms with Crippen LogP contribution in [-0.4, -0.2) is 28.0 Å². The molecule has 0 atom stereocenters. The summed E-state index contributed by atoms with van der Waals surface area (Å²) in [5.74, 6) is -1.23. The van der Waals surface area contributed by atoms with E-state index < -0.39 is 23.0 Å². The van der Waals surface area contributed by atoms with Crippen LogP contribution in [0.15, 0.2) is 84.2 Å². The summed E-state index contributed by atoms with van der Waals surface area (Å²) >= 11 is 0. The minimum Gasteiger partial charge on any atom is -0.495 e. The van der Waals surface area contributed by atoms with Crippen molar-refractivity contribution in [3.63, 3.8) is 0 Å². The van der Waals surface area contributed by atoms with E-state index in [1.54, 1.807) is 12.1 Å². The molecular formula is C27H18F2N4O4. The Bertz CT molecular complexity index is 1690. The molecule has 0 bridgehead atoms. The molecule has 0 aliphatic rings. The number of hydrogen-bond donors (Lipinski definition) is 2. The molecule has 0 spiro atoms. The Labute approximate surface area is 208 Å². The summed E-state index contributed by atoms with van der Waals surface area (Å²) in [7, 11) is 1.51. The summed E-state index contributed by atoms with van der Waals surface area (Å²) in [6.07, 6.45) is 5.67. The van der Waals surface area contributed by atoms with E-state index in [0.29, 0.717) is 22.3 Å². The third-order valence-electron chi connectivity index (χ3n) is 5.51. The van der Waals surface area contributed by atoms with Gasteiger partial charge in [0.25, 0.3) is 5.91 Å². The number of nitrogens with zero attached hydrogens (tertiary/aromatic N) is 2. The van der Waals surface area contributed by atoms with E-state index >= 15 is 0 Å². The van der Waals surface area contributed by atoms with Crippen molar-refractivity contribution in [2.24, 2.45) is 0 Å². The zero-order valence-corrected chi connectivity index (χ0v) is 19.3. The molecule has 0 fully saturated rings. The van der Waals surface area contributed by atoms with Gasteiger partial charge in [-0.1, -0.05) is 12.1 Å². The number of benzene rings is 2. The second-order valence-electron chi connectivity index (χ2n) is 7.87. The summed E-state index contributed by atoms with van der Waals surface area (Å²) in [5.41, 5.74) is 0.933. The van der Waals surface area contributed by atoms with Crippen molar-refractivity contribution in [3.8, 4) is 28.4 Å². The van der Waals surface area contributed by atoms with Gasteiger partial charge >= 0.3 is 0 Å². The number of nitrogens with one attached hydrogen (secondary N) is 2. The van der Waals surface area contributed by atoms with E-state index in [2.05, 4.69) is 20.3 Å². The van der Waals surface area contributed by atoms with Crippen LogP contribution >= 0.6 is 0 Å². The fraction of sp³-hybridized carbons (Fsp3) is 0.0370. The Morgan fingerprint density at radius 1 is 0.973 bits per heavy atom. The maximum absolute atomic E-state index is 14.9. The molecule has 5 aromatic rings. The van der Waals surface area contributed by atoms with E-state index in [1.807, 2.05) is 0 Å². The number of pyridine rings is 3. The molecule has 1 amide bonds. The first kappa shape index (κ1) is 23.6. The minimum absolute atomic E-state index is 0.0979. The number of amides is 1. The molecule has 5 rings (SSSR count). The predicted octanol–water partition coefficient (Wildman–Crippen LogP) is 5.32. The van der Waals surface area contributed by atoms with Crippen molar-refractivity contribution in [1.29, 1.82) is 0 Å². The maximum Gasteiger partial charge on any atom is 0.261 e. The van der Waals surface area contributed by atoms with Crippen LogP contribution in [0.25, 0.3) is 22.2 Å². The number of carbonyl (C=O) groups excluding carboxylic acids is 1. The summed E-state index contributed by atoms with van der Waals surface area (Å²) < 4.78 is 39.0. The van der Waals surface area contributed by atoms with E-state index in [4.69, 9.17) is 9.47 Å². The summed E-state index contributed by atoms with van der Waals surface area (Å²) in [4.78, 5) is 36.9. The highest BCUT2D eigenvalue weighted by atomic mass is 19.1. The second-order valence-corrected chi connectivity index (χ2v) is 7.87. The van der Waals surface area contributed by atoms with E-state index in [-0.39, 0.29) is 28.3 Å². The molecule has 37 heavy (non-hydrogen) atoms. The number of carbonyl (C=O) groups is 1. The van der Waals surface area contributed by atoms with Crippen LogP contribution < -0.4 is 20.2 Å². The van der Waals surface area contributed by atoms with Crippen LogP contribution in [0.1, 0.15) is 10.4 Å². The Morgan fingerprint density at radius 3 is 2.54 bits per heavy atom. The van der Waals surface area contributed by atoms with Gasteiger partial charge in [0.2, 0.25) is 5.43 Å². The molecule has 184 valence electrons. The smallest absolute Gasteiger partial charge is 0.261 e. The average Bonchev–Trinajstić information content (AvgIpc) is 2.90. The minimum atomic E-state index is -0.745. The largest absolute Gasteiger partial charge is 0.495 e. The van der Waals surface area contributed by atoms with Gasteiger partial charge in [0.15, 0.2) is 17.3 Å². The number of halogens is 2. The third kappa shape index (κ3) is 4.85. The van der Waals surface area contributed by atoms with Crippen LogP contribution in [-0.2, 0) is 0 Å². The van der Waals surface area contributed by atoms with Crippen molar-refractivity contribution in [2.75, 3.05) is 12.4 Å². The van der Waals surface area contributed by atoms with Crippen LogP contribution in [0.2, 0.25) is 0 Å². The van der Waals surface area contributed by atoms with Crippen LogP contribution in [0.4, 0.5) is 14.5 Å². The number of methoxy groups -OCH3 is 1. The molecule has 8 nitrogen and oxygen atoms in total. The fourth-order valence-electron chi connectivity index (χ4n) is 3.66. The normalized spacial score (nSPS) is 10.8. The molecule has 0 saturated heterocycles. The van der Waals surface area contributed by atoms with Gasteiger partial charge in [-0.3, -0.25) is 14.6 Å². The highest BCUT2D eigenvalue weighted by molar-refractivity contribution is 6.04. The zero-order valence-electron chi connectivity index (χ0n) is 19.3. The topological polar surface area (TPSA) is 106 Å². The Balaban J connectivity index is 1.36. The van der Waals surface area contributed by atoms with Crippen molar-refractivity contribution in [3.05, 3.63) is 107 Å². The number of anilines is 1. The summed E-state index contributed by atoms with van der Waals surface area (Å²) in [5, 5.41) is 2.51. The first-order valence-electron chi connectivity index (χ1n) is 11.0. The lowest BCUT2D eigenvalue weighted by Crippen LogP contribution is -2.22. The van der Waals surface area contributed by atoms with Crippen LogP contribution in [0.5, 0.6) is 17.2 Å². The Morgan fingerprint density at radius 2 is 1.78 bits per heavy atom. The first-order valence-corrected chi connectivity index (χ1v) is 11.0. The molecule has 0 unspecified atom stereocenters. The van der Waals surface area contributed by atoms with Gasteiger partial charge in [0, 0.05) is 48.0 Å². The van der Waals surface area contributed by atoms with Gasteiger partial charge in [0.1, 0.15) is 22.6 Å². The number of rotatable bonds is 6. The number of aromatic nitrogens is 3. The lowest BCUT2D eigenvalue weighted by molar-refractivity contribution is 0.102. The van der Waals surface area contributed by atoms with E-state index in [0.717, 1.165) is 6.07 Å². The molecule has 3 heterocycles. The summed E-state index contributed by atoms with van der Waals surface area (Å²) in [6.45, 7) is 0. The molecule has 0 aliphatic carbocycles. The van der Waals surface area contributed by atoms with Crippen LogP contribution in [0.3, 0.4) is 0 Å². The van der Waals surface area contributed by atoms with E-state index in [9.17, 15) is 18.4 Å². The Kier molecular flexibility index (Phi) is 6.29. The maximum atomic E-state index is 14.9. The number of H-pyrrole nitrogens is 1. The van der Waals surface area contributed by atoms with Gasteiger partial charge < -0.3 is 19.8 Å². The lowest BCUT2D eigenvalue weighted by Gasteiger charge is -2.11. The standard InChI is InChI=1S/C27H18F2N4O4/c1-36-18-11-22-25(32-12-18)24(8-9-31-22)37-23-7-6-17(10-21(23)29)33-27(35)20-14-30-13-19(26(20)34)15-2-4-16(28)5-3-15/h2-14H,1H3,(H,30,34)(H,33,35). The highest BCUT2D eigenvalue weighted by Crippen LogP contribution is 2.31. The molecule has 3 aromatic heterocycles. The molecule has 0 saturated carbocycles. The van der Waals surface area contributed by atoms with Crippen molar-refractivity contribution in [1.82, 2.24) is 15.0 Å². The molecule has 0 radical (unpaired) electrons. The van der Waals surface area contributed by atoms with Gasteiger partial charge in [-0.05, 0) is 29.8 Å². The number of fused-ring (bicyclic) bond motifs is 1. The number of aromatic amines is 1. The fourth-order valence-corrected chi connectivity index (χ4v) is 3.66. The van der Waals surface area contributed by atoms with Crippen molar-refractivity contribution < 1.29 is 23.0 Å². The monoisotopic (exact) mass is 500 g/mol. The van der Waals surface area contributed by atoms with Gasteiger partial charge in [-0.25, -0.2) is 13.8 Å².